The molecule has 0 unspecified atom stereocenters. The highest BCUT2D eigenvalue weighted by Crippen LogP contribution is 2.14. The topological polar surface area (TPSA) is 122 Å². The van der Waals surface area contributed by atoms with E-state index in [-0.39, 0.29) is 0 Å². The van der Waals surface area contributed by atoms with Gasteiger partial charge < -0.3 is 21.5 Å². The first-order valence-electron chi connectivity index (χ1n) is 5.48. The number of hydrogen-bond acceptors (Lipinski definition) is 4. The number of hydrogen-bond donors (Lipinski definition) is 4. The second kappa shape index (κ2) is 6.74. The van der Waals surface area contributed by atoms with Crippen molar-refractivity contribution >= 4 is 29.2 Å². The predicted molar refractivity (Wildman–Crippen MR) is 69.7 cm³/mol. The van der Waals surface area contributed by atoms with Crippen LogP contribution in [0.5, 0.6) is 0 Å². The van der Waals surface area contributed by atoms with E-state index in [0.717, 1.165) is 10.4 Å². The first kappa shape index (κ1) is 15.0. The van der Waals surface area contributed by atoms with Crippen molar-refractivity contribution in [1.82, 2.24) is 10.6 Å². The fourth-order valence-electron chi connectivity index (χ4n) is 1.36. The number of aryl methyl sites for hydroxylation is 1. The molecule has 0 bridgehead atoms. The highest BCUT2D eigenvalue weighted by Gasteiger charge is 2.21. The lowest BCUT2D eigenvalue weighted by molar-refractivity contribution is -0.140. The molecule has 1 heterocycles. The Morgan fingerprint density at radius 3 is 2.63 bits per heavy atom. The monoisotopic (exact) mass is 285 g/mol. The molecule has 0 radical (unpaired) electrons. The molecule has 5 N–H and O–H groups in total. The van der Waals surface area contributed by atoms with Gasteiger partial charge in [-0.3, -0.25) is 4.79 Å². The number of carbonyl (C=O) groups is 3. The summed E-state index contributed by atoms with van der Waals surface area (Å²) in [5.74, 6) is -2.09. The van der Waals surface area contributed by atoms with Gasteiger partial charge in [0.05, 0.1) is 13.0 Å². The minimum absolute atomic E-state index is 0.304. The van der Waals surface area contributed by atoms with Gasteiger partial charge in [0, 0.05) is 4.88 Å². The van der Waals surface area contributed by atoms with E-state index in [9.17, 15) is 14.4 Å². The number of thiophene rings is 1. The van der Waals surface area contributed by atoms with Gasteiger partial charge in [-0.25, -0.2) is 9.59 Å². The number of amides is 3. The number of aliphatic carboxylic acids is 1. The zero-order chi connectivity index (χ0) is 14.4. The molecule has 19 heavy (non-hydrogen) atoms. The summed E-state index contributed by atoms with van der Waals surface area (Å²) in [6, 6.07) is -0.0458. The minimum atomic E-state index is -1.32. The summed E-state index contributed by atoms with van der Waals surface area (Å²) < 4.78 is 0. The SMILES string of the molecule is Cc1ccsc1CNC(=O)N[C@H](CC(N)=O)C(=O)O. The third-order valence-corrected chi connectivity index (χ3v) is 3.41. The van der Waals surface area contributed by atoms with E-state index >= 15 is 0 Å². The Morgan fingerprint density at radius 1 is 1.47 bits per heavy atom. The standard InChI is InChI=1S/C11H15N3O4S/c1-6-2-3-19-8(6)5-13-11(18)14-7(10(16)17)4-9(12)15/h2-3,7H,4-5H2,1H3,(H2,12,15)(H,16,17)(H2,13,14,18)/t7-/m1/s1. The van der Waals surface area contributed by atoms with Crippen molar-refractivity contribution in [2.45, 2.75) is 25.9 Å². The first-order valence-corrected chi connectivity index (χ1v) is 6.36. The van der Waals surface area contributed by atoms with Crippen molar-refractivity contribution in [3.8, 4) is 0 Å². The smallest absolute Gasteiger partial charge is 0.326 e. The molecule has 0 spiro atoms. The maximum atomic E-state index is 11.5. The second-order valence-corrected chi connectivity index (χ2v) is 4.92. The highest BCUT2D eigenvalue weighted by molar-refractivity contribution is 7.10. The van der Waals surface area contributed by atoms with Gasteiger partial charge in [-0.1, -0.05) is 0 Å². The van der Waals surface area contributed by atoms with Gasteiger partial charge in [-0.05, 0) is 23.9 Å². The van der Waals surface area contributed by atoms with E-state index in [1.165, 1.54) is 11.3 Å². The number of carbonyl (C=O) groups excluding carboxylic acids is 2. The number of carboxylic acid groups (broad SMARTS) is 1. The number of urea groups is 1. The Bertz CT molecular complexity index is 486. The molecule has 0 aromatic carbocycles. The van der Waals surface area contributed by atoms with Gasteiger partial charge >= 0.3 is 12.0 Å². The number of carboxylic acids is 1. The summed E-state index contributed by atoms with van der Waals surface area (Å²) in [4.78, 5) is 34.0. The van der Waals surface area contributed by atoms with E-state index < -0.39 is 30.4 Å². The van der Waals surface area contributed by atoms with Crippen molar-refractivity contribution in [1.29, 1.82) is 0 Å². The average Bonchev–Trinajstić information content (AvgIpc) is 2.70. The largest absolute Gasteiger partial charge is 0.480 e. The zero-order valence-corrected chi connectivity index (χ0v) is 11.1. The summed E-state index contributed by atoms with van der Waals surface area (Å²) in [7, 11) is 0. The third-order valence-electron chi connectivity index (χ3n) is 2.39. The van der Waals surface area contributed by atoms with Crippen LogP contribution in [0.4, 0.5) is 4.79 Å². The molecule has 7 nitrogen and oxygen atoms in total. The number of primary amides is 1. The number of nitrogens with two attached hydrogens (primary N) is 1. The van der Waals surface area contributed by atoms with Crippen molar-refractivity contribution in [2.24, 2.45) is 5.73 Å². The van der Waals surface area contributed by atoms with Crippen LogP contribution in [0, 0.1) is 6.92 Å². The van der Waals surface area contributed by atoms with Crippen LogP contribution in [0.25, 0.3) is 0 Å². The summed E-state index contributed by atoms with van der Waals surface area (Å²) in [5, 5.41) is 15.4. The van der Waals surface area contributed by atoms with Gasteiger partial charge in [-0.15, -0.1) is 11.3 Å². The molecule has 1 aromatic rings. The lowest BCUT2D eigenvalue weighted by atomic mass is 10.2. The van der Waals surface area contributed by atoms with Crippen molar-refractivity contribution in [3.63, 3.8) is 0 Å². The fraction of sp³-hybridized carbons (Fsp3) is 0.364. The summed E-state index contributed by atoms with van der Waals surface area (Å²) >= 11 is 1.49. The highest BCUT2D eigenvalue weighted by atomic mass is 32.1. The number of rotatable bonds is 6. The van der Waals surface area contributed by atoms with Crippen LogP contribution in [0.3, 0.4) is 0 Å². The van der Waals surface area contributed by atoms with Gasteiger partial charge in [0.1, 0.15) is 6.04 Å². The molecule has 0 aliphatic heterocycles. The van der Waals surface area contributed by atoms with Crippen LogP contribution in [-0.2, 0) is 16.1 Å². The normalized spacial score (nSPS) is 11.6. The van der Waals surface area contributed by atoms with E-state index in [1.54, 1.807) is 0 Å². The molecule has 1 rings (SSSR count). The molecular weight excluding hydrogens is 270 g/mol. The summed E-state index contributed by atoms with van der Waals surface area (Å²) in [5.41, 5.74) is 5.96. The quantitative estimate of drug-likeness (QED) is 0.595. The second-order valence-electron chi connectivity index (χ2n) is 3.92. The van der Waals surface area contributed by atoms with Crippen molar-refractivity contribution < 1.29 is 19.5 Å². The third kappa shape index (κ3) is 4.96. The Balaban J connectivity index is 2.47. The van der Waals surface area contributed by atoms with Crippen LogP contribution in [-0.4, -0.2) is 29.1 Å². The lowest BCUT2D eigenvalue weighted by Crippen LogP contribution is -2.47. The van der Waals surface area contributed by atoms with Gasteiger partial charge in [0.2, 0.25) is 5.91 Å². The molecule has 1 aromatic heterocycles. The summed E-state index contributed by atoms with van der Waals surface area (Å²) in [6.45, 7) is 2.22. The van der Waals surface area contributed by atoms with Crippen LogP contribution < -0.4 is 16.4 Å². The Hall–Kier alpha value is -2.09. The van der Waals surface area contributed by atoms with Crippen molar-refractivity contribution in [3.05, 3.63) is 21.9 Å². The molecule has 0 aliphatic carbocycles. The fourth-order valence-corrected chi connectivity index (χ4v) is 2.20. The summed E-state index contributed by atoms with van der Waals surface area (Å²) in [6.07, 6.45) is -0.444. The molecule has 8 heteroatoms. The maximum Gasteiger partial charge on any atom is 0.326 e. The molecule has 0 saturated carbocycles. The molecule has 0 saturated heterocycles. The molecule has 0 fully saturated rings. The van der Waals surface area contributed by atoms with E-state index in [2.05, 4.69) is 10.6 Å². The van der Waals surface area contributed by atoms with E-state index in [4.69, 9.17) is 10.8 Å². The molecule has 0 aliphatic rings. The molecular formula is C11H15N3O4S. The van der Waals surface area contributed by atoms with Crippen LogP contribution in [0.1, 0.15) is 16.9 Å². The average molecular weight is 285 g/mol. The van der Waals surface area contributed by atoms with Gasteiger partial charge in [0.15, 0.2) is 0 Å². The zero-order valence-electron chi connectivity index (χ0n) is 10.3. The predicted octanol–water partition coefficient (Wildman–Crippen LogP) is 0.184. The van der Waals surface area contributed by atoms with Gasteiger partial charge in [0.25, 0.3) is 0 Å². The van der Waals surface area contributed by atoms with E-state index in [1.807, 2.05) is 18.4 Å². The molecule has 1 atom stereocenters. The van der Waals surface area contributed by atoms with Crippen molar-refractivity contribution in [2.75, 3.05) is 0 Å². The van der Waals surface area contributed by atoms with Crippen LogP contribution >= 0.6 is 11.3 Å². The van der Waals surface area contributed by atoms with Crippen LogP contribution in [0.15, 0.2) is 11.4 Å². The Kier molecular flexibility index (Phi) is 5.31. The number of nitrogens with one attached hydrogen (secondary N) is 2. The van der Waals surface area contributed by atoms with E-state index in [0.29, 0.717) is 6.54 Å². The molecule has 104 valence electrons. The Morgan fingerprint density at radius 2 is 2.16 bits per heavy atom. The Labute approximate surface area is 113 Å². The minimum Gasteiger partial charge on any atom is -0.480 e. The lowest BCUT2D eigenvalue weighted by Gasteiger charge is -2.13. The van der Waals surface area contributed by atoms with Crippen LogP contribution in [0.2, 0.25) is 0 Å². The first-order chi connectivity index (χ1) is 8.90. The molecule has 3 amide bonds. The van der Waals surface area contributed by atoms with Gasteiger partial charge in [-0.2, -0.15) is 0 Å². The maximum absolute atomic E-state index is 11.5.